The summed E-state index contributed by atoms with van der Waals surface area (Å²) < 4.78 is 24.8. The lowest BCUT2D eigenvalue weighted by Crippen LogP contribution is -2.06. The molecule has 0 saturated heterocycles. The number of halogens is 2. The van der Waals surface area contributed by atoms with Crippen molar-refractivity contribution < 1.29 is 13.9 Å². The number of benzene rings is 1. The quantitative estimate of drug-likeness (QED) is 0.902. The highest BCUT2D eigenvalue weighted by atomic mass is 79.9. The van der Waals surface area contributed by atoms with Crippen LogP contribution in [-0.2, 0) is 6.54 Å². The number of hydrogen-bond acceptors (Lipinski definition) is 4. The van der Waals surface area contributed by atoms with E-state index in [-0.39, 0.29) is 5.82 Å². The van der Waals surface area contributed by atoms with Gasteiger partial charge in [0.2, 0.25) is 0 Å². The molecule has 0 bridgehead atoms. The first-order valence-electron chi connectivity index (χ1n) is 5.91. The van der Waals surface area contributed by atoms with E-state index in [0.717, 1.165) is 0 Å². The number of nitrogens with zero attached hydrogens (tertiary/aromatic N) is 1. The van der Waals surface area contributed by atoms with Gasteiger partial charge in [-0.2, -0.15) is 0 Å². The van der Waals surface area contributed by atoms with Crippen molar-refractivity contribution in [1.29, 1.82) is 0 Å². The van der Waals surface area contributed by atoms with Crippen molar-refractivity contribution in [2.75, 3.05) is 19.5 Å². The highest BCUT2D eigenvalue weighted by molar-refractivity contribution is 9.10. The van der Waals surface area contributed by atoms with Crippen LogP contribution in [0.3, 0.4) is 0 Å². The minimum absolute atomic E-state index is 0.319. The highest BCUT2D eigenvalue weighted by Gasteiger charge is 2.12. The Kier molecular flexibility index (Phi) is 4.79. The number of ether oxygens (including phenoxy) is 2. The molecular formula is C14H14BrFN2O2. The average molecular weight is 341 g/mol. The zero-order valence-corrected chi connectivity index (χ0v) is 12.7. The minimum Gasteiger partial charge on any atom is -0.493 e. The molecule has 4 nitrogen and oxygen atoms in total. The van der Waals surface area contributed by atoms with Gasteiger partial charge in [0.25, 0.3) is 0 Å². The van der Waals surface area contributed by atoms with Crippen LogP contribution in [0.4, 0.5) is 10.1 Å². The molecule has 2 rings (SSSR count). The predicted octanol–water partition coefficient (Wildman–Crippen LogP) is 3.61. The average Bonchev–Trinajstić information content (AvgIpc) is 2.46. The monoisotopic (exact) mass is 340 g/mol. The normalized spacial score (nSPS) is 10.2. The van der Waals surface area contributed by atoms with Gasteiger partial charge in [0, 0.05) is 16.7 Å². The van der Waals surface area contributed by atoms with Gasteiger partial charge in [-0.25, -0.2) is 4.39 Å². The summed E-state index contributed by atoms with van der Waals surface area (Å²) in [6, 6.07) is 6.50. The van der Waals surface area contributed by atoms with E-state index in [1.165, 1.54) is 6.07 Å². The van der Waals surface area contributed by atoms with E-state index >= 15 is 0 Å². The van der Waals surface area contributed by atoms with Gasteiger partial charge in [0.05, 0.1) is 26.5 Å². The fourth-order valence-electron chi connectivity index (χ4n) is 1.82. The Morgan fingerprint density at radius 3 is 2.70 bits per heavy atom. The lowest BCUT2D eigenvalue weighted by atomic mass is 10.2. The van der Waals surface area contributed by atoms with Crippen LogP contribution < -0.4 is 14.8 Å². The van der Waals surface area contributed by atoms with Crippen molar-refractivity contribution in [1.82, 2.24) is 4.98 Å². The molecule has 0 spiro atoms. The van der Waals surface area contributed by atoms with Crippen molar-refractivity contribution >= 4 is 21.6 Å². The molecule has 1 aromatic heterocycles. The smallest absolute Gasteiger partial charge is 0.184 e. The molecule has 0 radical (unpaired) electrons. The molecule has 0 saturated carbocycles. The Hall–Kier alpha value is -1.82. The van der Waals surface area contributed by atoms with Crippen LogP contribution in [0.2, 0.25) is 0 Å². The van der Waals surface area contributed by atoms with E-state index in [0.29, 0.717) is 33.9 Å². The number of anilines is 1. The van der Waals surface area contributed by atoms with Gasteiger partial charge < -0.3 is 14.8 Å². The number of hydrogen-bond donors (Lipinski definition) is 1. The number of aromatic nitrogens is 1. The fraction of sp³-hybridized carbons (Fsp3) is 0.214. The van der Waals surface area contributed by atoms with Crippen molar-refractivity contribution in [3.05, 3.63) is 46.4 Å². The molecule has 0 fully saturated rings. The van der Waals surface area contributed by atoms with Gasteiger partial charge in [-0.15, -0.1) is 0 Å². The van der Waals surface area contributed by atoms with E-state index in [1.807, 2.05) is 0 Å². The molecule has 0 aliphatic carbocycles. The topological polar surface area (TPSA) is 43.4 Å². The maximum absolute atomic E-state index is 13.7. The van der Waals surface area contributed by atoms with Crippen LogP contribution in [0.15, 0.2) is 34.9 Å². The van der Waals surface area contributed by atoms with Crippen molar-refractivity contribution in [2.45, 2.75) is 6.54 Å². The van der Waals surface area contributed by atoms with E-state index in [1.54, 1.807) is 38.6 Å². The van der Waals surface area contributed by atoms with Crippen LogP contribution in [-0.4, -0.2) is 19.2 Å². The Balaban J connectivity index is 2.23. The van der Waals surface area contributed by atoms with Gasteiger partial charge in [-0.1, -0.05) is 6.07 Å². The van der Waals surface area contributed by atoms with Crippen LogP contribution in [0.1, 0.15) is 5.69 Å². The Bertz CT molecular complexity index is 587. The van der Waals surface area contributed by atoms with Crippen molar-refractivity contribution in [3.8, 4) is 11.5 Å². The Labute approximate surface area is 125 Å². The lowest BCUT2D eigenvalue weighted by Gasteiger charge is -2.13. The van der Waals surface area contributed by atoms with Gasteiger partial charge in [-0.05, 0) is 28.1 Å². The molecule has 1 aromatic carbocycles. The Morgan fingerprint density at radius 2 is 2.05 bits per heavy atom. The summed E-state index contributed by atoms with van der Waals surface area (Å²) in [5.74, 6) is 0.795. The van der Waals surface area contributed by atoms with Crippen LogP contribution in [0.5, 0.6) is 11.5 Å². The third-order valence-corrected chi connectivity index (χ3v) is 3.42. The fourth-order valence-corrected chi connectivity index (χ4v) is 2.30. The first kappa shape index (κ1) is 14.6. The summed E-state index contributed by atoms with van der Waals surface area (Å²) in [6.07, 6.45) is 1.62. The summed E-state index contributed by atoms with van der Waals surface area (Å²) in [4.78, 5) is 4.23. The van der Waals surface area contributed by atoms with Crippen LogP contribution >= 0.6 is 15.9 Å². The summed E-state index contributed by atoms with van der Waals surface area (Å²) >= 11 is 3.31. The van der Waals surface area contributed by atoms with Gasteiger partial charge in [0.1, 0.15) is 11.5 Å². The zero-order chi connectivity index (χ0) is 14.5. The summed E-state index contributed by atoms with van der Waals surface area (Å²) in [5, 5.41) is 3.00. The van der Waals surface area contributed by atoms with E-state index in [2.05, 4.69) is 26.2 Å². The summed E-state index contributed by atoms with van der Waals surface area (Å²) in [6.45, 7) is 0.319. The molecule has 0 amide bonds. The third kappa shape index (κ3) is 3.01. The molecule has 106 valence electrons. The SMILES string of the molecule is COc1ccnc(CNc2c(F)cccc2Br)c1OC. The number of para-hydroxylation sites is 1. The third-order valence-electron chi connectivity index (χ3n) is 2.76. The zero-order valence-electron chi connectivity index (χ0n) is 11.1. The molecule has 0 atom stereocenters. The van der Waals surface area contributed by atoms with E-state index < -0.39 is 0 Å². The largest absolute Gasteiger partial charge is 0.493 e. The molecule has 1 heterocycles. The van der Waals surface area contributed by atoms with Crippen molar-refractivity contribution in [3.63, 3.8) is 0 Å². The summed E-state index contributed by atoms with van der Waals surface area (Å²) in [5.41, 5.74) is 1.03. The molecule has 6 heteroatoms. The molecular weight excluding hydrogens is 327 g/mol. The molecule has 20 heavy (non-hydrogen) atoms. The molecule has 1 N–H and O–H groups in total. The standard InChI is InChI=1S/C14H14BrFN2O2/c1-19-12-6-7-17-11(14(12)20-2)8-18-13-9(15)4-3-5-10(13)16/h3-7,18H,8H2,1-2H3. The second-order valence-electron chi connectivity index (χ2n) is 3.94. The molecule has 0 unspecified atom stereocenters. The first-order valence-corrected chi connectivity index (χ1v) is 6.70. The maximum Gasteiger partial charge on any atom is 0.184 e. The van der Waals surface area contributed by atoms with E-state index in [9.17, 15) is 4.39 Å². The lowest BCUT2D eigenvalue weighted by molar-refractivity contribution is 0.350. The van der Waals surface area contributed by atoms with Crippen LogP contribution in [0, 0.1) is 5.82 Å². The van der Waals surface area contributed by atoms with Crippen LogP contribution in [0.25, 0.3) is 0 Å². The Morgan fingerprint density at radius 1 is 1.25 bits per heavy atom. The molecule has 0 aliphatic rings. The number of rotatable bonds is 5. The maximum atomic E-state index is 13.7. The molecule has 0 aliphatic heterocycles. The number of methoxy groups -OCH3 is 2. The van der Waals surface area contributed by atoms with Gasteiger partial charge >= 0.3 is 0 Å². The van der Waals surface area contributed by atoms with Gasteiger partial charge in [-0.3, -0.25) is 4.98 Å². The van der Waals surface area contributed by atoms with Gasteiger partial charge in [0.15, 0.2) is 11.5 Å². The second-order valence-corrected chi connectivity index (χ2v) is 4.80. The van der Waals surface area contributed by atoms with Crippen molar-refractivity contribution in [2.24, 2.45) is 0 Å². The predicted molar refractivity (Wildman–Crippen MR) is 78.8 cm³/mol. The minimum atomic E-state index is -0.332. The first-order chi connectivity index (χ1) is 9.67. The highest BCUT2D eigenvalue weighted by Crippen LogP contribution is 2.31. The van der Waals surface area contributed by atoms with E-state index in [4.69, 9.17) is 9.47 Å². The molecule has 2 aromatic rings. The summed E-state index contributed by atoms with van der Waals surface area (Å²) in [7, 11) is 3.10. The number of nitrogens with one attached hydrogen (secondary N) is 1. The second kappa shape index (κ2) is 6.56. The number of pyridine rings is 1.